The third-order valence-electron chi connectivity index (χ3n) is 4.69. The van der Waals surface area contributed by atoms with Gasteiger partial charge in [-0.25, -0.2) is 8.91 Å². The molecule has 132 valence electrons. The van der Waals surface area contributed by atoms with E-state index in [1.54, 1.807) is 10.6 Å². The fourth-order valence-corrected chi connectivity index (χ4v) is 3.38. The number of hydrogen-bond donors (Lipinski definition) is 2. The van der Waals surface area contributed by atoms with Crippen molar-refractivity contribution < 1.29 is 4.39 Å². The summed E-state index contributed by atoms with van der Waals surface area (Å²) in [6.45, 7) is 0.682. The lowest BCUT2D eigenvalue weighted by Crippen LogP contribution is -2.06. The summed E-state index contributed by atoms with van der Waals surface area (Å²) in [5.74, 6) is -0.395. The van der Waals surface area contributed by atoms with Crippen LogP contribution in [0.4, 0.5) is 10.1 Å². The molecular formula is C21H15FN4O. The van der Waals surface area contributed by atoms with Crippen LogP contribution in [0.1, 0.15) is 5.56 Å². The molecular weight excluding hydrogens is 343 g/mol. The first-order chi connectivity index (χ1) is 13.2. The molecule has 2 N–H and O–H groups in total. The maximum atomic E-state index is 13.5. The number of pyridine rings is 2. The highest BCUT2D eigenvalue weighted by atomic mass is 19.1. The summed E-state index contributed by atoms with van der Waals surface area (Å²) in [7, 11) is 0. The lowest BCUT2D eigenvalue weighted by molar-refractivity contribution is 0.629. The first-order valence-electron chi connectivity index (χ1n) is 8.60. The summed E-state index contributed by atoms with van der Waals surface area (Å²) in [4.78, 5) is 15.4. The van der Waals surface area contributed by atoms with Crippen LogP contribution in [0.5, 0.6) is 0 Å². The maximum Gasteiger partial charge on any atom is 0.260 e. The molecule has 0 bridgehead atoms. The molecule has 3 aromatic heterocycles. The van der Waals surface area contributed by atoms with Crippen LogP contribution >= 0.6 is 0 Å². The van der Waals surface area contributed by atoms with Crippen LogP contribution in [-0.2, 0) is 6.54 Å². The summed E-state index contributed by atoms with van der Waals surface area (Å²) in [6, 6.07) is 18.2. The van der Waals surface area contributed by atoms with Gasteiger partial charge < -0.3 is 10.3 Å². The van der Waals surface area contributed by atoms with Crippen molar-refractivity contribution in [1.82, 2.24) is 14.6 Å². The molecule has 0 aliphatic carbocycles. The Morgan fingerprint density at radius 3 is 2.78 bits per heavy atom. The molecule has 0 aliphatic heterocycles. The lowest BCUT2D eigenvalue weighted by atomic mass is 10.1. The molecule has 27 heavy (non-hydrogen) atoms. The number of benzene rings is 2. The largest absolute Gasteiger partial charge is 0.381 e. The van der Waals surface area contributed by atoms with E-state index in [0.29, 0.717) is 33.9 Å². The molecule has 0 radical (unpaired) electrons. The van der Waals surface area contributed by atoms with Crippen LogP contribution in [0.2, 0.25) is 0 Å². The standard InChI is InChI=1S/C21H15FN4O/c22-14-6-7-16-17(10-14)24-21(27)19-18-11-15(8-9-26(18)25-20(16)19)23-12-13-4-2-1-3-5-13/h1-11,23H,12H2,(H,24,27). The van der Waals surface area contributed by atoms with Crippen molar-refractivity contribution in [2.24, 2.45) is 0 Å². The first kappa shape index (κ1) is 15.6. The van der Waals surface area contributed by atoms with Crippen molar-refractivity contribution in [3.05, 3.63) is 88.6 Å². The number of nitrogens with one attached hydrogen (secondary N) is 2. The quantitative estimate of drug-likeness (QED) is 0.511. The maximum absolute atomic E-state index is 13.5. The summed E-state index contributed by atoms with van der Waals surface area (Å²) in [5.41, 5.74) is 3.49. The second kappa shape index (κ2) is 5.95. The van der Waals surface area contributed by atoms with Crippen molar-refractivity contribution >= 4 is 33.0 Å². The number of rotatable bonds is 3. The van der Waals surface area contributed by atoms with E-state index in [1.165, 1.54) is 17.7 Å². The molecule has 0 spiro atoms. The topological polar surface area (TPSA) is 62.2 Å². The Bertz CT molecular complexity index is 1360. The number of aromatic nitrogens is 3. The smallest absolute Gasteiger partial charge is 0.260 e. The predicted octanol–water partition coefficient (Wildman–Crippen LogP) is 4.08. The molecule has 0 aliphatic rings. The Balaban J connectivity index is 1.65. The van der Waals surface area contributed by atoms with Crippen molar-refractivity contribution in [2.75, 3.05) is 5.32 Å². The molecule has 0 amide bonds. The van der Waals surface area contributed by atoms with Gasteiger partial charge in [0.1, 0.15) is 11.3 Å². The Morgan fingerprint density at radius 1 is 1.07 bits per heavy atom. The zero-order valence-corrected chi connectivity index (χ0v) is 14.2. The van der Waals surface area contributed by atoms with Gasteiger partial charge in [0.2, 0.25) is 0 Å². The van der Waals surface area contributed by atoms with Gasteiger partial charge in [0.05, 0.1) is 16.4 Å². The highest BCUT2D eigenvalue weighted by Gasteiger charge is 2.13. The van der Waals surface area contributed by atoms with Crippen LogP contribution in [-0.4, -0.2) is 14.6 Å². The third-order valence-corrected chi connectivity index (χ3v) is 4.69. The van der Waals surface area contributed by atoms with Gasteiger partial charge in [-0.1, -0.05) is 30.3 Å². The van der Waals surface area contributed by atoms with E-state index in [4.69, 9.17) is 0 Å². The molecule has 3 heterocycles. The van der Waals surface area contributed by atoms with E-state index in [0.717, 1.165) is 5.69 Å². The van der Waals surface area contributed by atoms with E-state index < -0.39 is 5.82 Å². The van der Waals surface area contributed by atoms with Crippen LogP contribution < -0.4 is 10.9 Å². The van der Waals surface area contributed by atoms with Crippen molar-refractivity contribution in [3.63, 3.8) is 0 Å². The molecule has 5 rings (SSSR count). The van der Waals surface area contributed by atoms with E-state index in [9.17, 15) is 9.18 Å². The molecule has 6 heteroatoms. The van der Waals surface area contributed by atoms with E-state index in [-0.39, 0.29) is 5.56 Å². The molecule has 5 nitrogen and oxygen atoms in total. The summed E-state index contributed by atoms with van der Waals surface area (Å²) >= 11 is 0. The number of halogens is 1. The van der Waals surface area contributed by atoms with Gasteiger partial charge in [0.15, 0.2) is 0 Å². The second-order valence-corrected chi connectivity index (χ2v) is 6.45. The summed E-state index contributed by atoms with van der Waals surface area (Å²) in [5, 5.41) is 9.12. The van der Waals surface area contributed by atoms with Crippen molar-refractivity contribution in [1.29, 1.82) is 0 Å². The highest BCUT2D eigenvalue weighted by Crippen LogP contribution is 2.25. The minimum Gasteiger partial charge on any atom is -0.381 e. The van der Waals surface area contributed by atoms with Gasteiger partial charge in [-0.05, 0) is 35.9 Å². The Labute approximate surface area is 153 Å². The number of hydrogen-bond acceptors (Lipinski definition) is 3. The minimum atomic E-state index is -0.395. The number of H-pyrrole nitrogens is 1. The fourth-order valence-electron chi connectivity index (χ4n) is 3.38. The molecule has 0 saturated carbocycles. The summed E-state index contributed by atoms with van der Waals surface area (Å²) < 4.78 is 15.2. The van der Waals surface area contributed by atoms with Gasteiger partial charge in [0.25, 0.3) is 5.56 Å². The predicted molar refractivity (Wildman–Crippen MR) is 105 cm³/mol. The number of aromatic amines is 1. The first-order valence-corrected chi connectivity index (χ1v) is 8.60. The van der Waals surface area contributed by atoms with Gasteiger partial charge in [-0.2, -0.15) is 5.10 Å². The molecule has 5 aromatic rings. The zero-order chi connectivity index (χ0) is 18.4. The monoisotopic (exact) mass is 358 g/mol. The minimum absolute atomic E-state index is 0.279. The molecule has 0 fully saturated rings. The summed E-state index contributed by atoms with van der Waals surface area (Å²) in [6.07, 6.45) is 1.82. The van der Waals surface area contributed by atoms with Crippen LogP contribution in [0.3, 0.4) is 0 Å². The average molecular weight is 358 g/mol. The third kappa shape index (κ3) is 2.62. The second-order valence-electron chi connectivity index (χ2n) is 6.45. The van der Waals surface area contributed by atoms with Crippen LogP contribution in [0.15, 0.2) is 71.7 Å². The van der Waals surface area contributed by atoms with Gasteiger partial charge in [0, 0.05) is 23.8 Å². The molecule has 0 saturated heterocycles. The number of fused-ring (bicyclic) bond motifs is 5. The van der Waals surface area contributed by atoms with Gasteiger partial charge in [-0.3, -0.25) is 4.79 Å². The zero-order valence-electron chi connectivity index (χ0n) is 14.2. The van der Waals surface area contributed by atoms with Gasteiger partial charge >= 0.3 is 0 Å². The van der Waals surface area contributed by atoms with Crippen molar-refractivity contribution in [3.8, 4) is 0 Å². The number of nitrogens with zero attached hydrogens (tertiary/aromatic N) is 2. The lowest BCUT2D eigenvalue weighted by Gasteiger charge is -2.06. The number of anilines is 1. The van der Waals surface area contributed by atoms with Crippen molar-refractivity contribution in [2.45, 2.75) is 6.54 Å². The average Bonchev–Trinajstić information content (AvgIpc) is 3.06. The Kier molecular flexibility index (Phi) is 3.43. The van der Waals surface area contributed by atoms with Crippen LogP contribution in [0, 0.1) is 5.82 Å². The SMILES string of the molecule is O=c1[nH]c2cc(F)ccc2c2nn3ccc(NCc4ccccc4)cc3c12. The molecule has 0 atom stereocenters. The van der Waals surface area contributed by atoms with Gasteiger partial charge in [-0.15, -0.1) is 0 Å². The van der Waals surface area contributed by atoms with E-state index in [2.05, 4.69) is 27.5 Å². The molecule has 2 aromatic carbocycles. The van der Waals surface area contributed by atoms with E-state index in [1.807, 2.05) is 36.5 Å². The van der Waals surface area contributed by atoms with E-state index >= 15 is 0 Å². The normalized spacial score (nSPS) is 11.4. The Morgan fingerprint density at radius 2 is 1.93 bits per heavy atom. The Hall–Kier alpha value is -3.67. The molecule has 0 unspecified atom stereocenters. The highest BCUT2D eigenvalue weighted by molar-refractivity contribution is 6.08. The fraction of sp³-hybridized carbons (Fsp3) is 0.0476. The van der Waals surface area contributed by atoms with Crippen LogP contribution in [0.25, 0.3) is 27.3 Å².